The second kappa shape index (κ2) is 7.89. The van der Waals surface area contributed by atoms with E-state index in [4.69, 9.17) is 4.74 Å². The molecule has 0 aliphatic heterocycles. The number of rotatable bonds is 7. The SMILES string of the molecule is COc1cccc([C@H](NS(=O)(=O)Cc2ccc(F)cc2)c2nccn2C)c1. The fourth-order valence-electron chi connectivity index (χ4n) is 2.77. The Hall–Kier alpha value is -2.71. The zero-order valence-corrected chi connectivity index (χ0v) is 15.8. The maximum atomic E-state index is 13.1. The lowest BCUT2D eigenvalue weighted by Gasteiger charge is -2.20. The van der Waals surface area contributed by atoms with E-state index in [0.29, 0.717) is 22.7 Å². The largest absolute Gasteiger partial charge is 0.497 e. The molecule has 1 aromatic heterocycles. The van der Waals surface area contributed by atoms with Gasteiger partial charge < -0.3 is 9.30 Å². The molecular formula is C19H20FN3O3S. The van der Waals surface area contributed by atoms with Crippen molar-refractivity contribution in [2.24, 2.45) is 7.05 Å². The third kappa shape index (κ3) is 4.72. The molecular weight excluding hydrogens is 369 g/mol. The Morgan fingerprint density at radius 1 is 1.22 bits per heavy atom. The zero-order valence-electron chi connectivity index (χ0n) is 15.0. The van der Waals surface area contributed by atoms with Gasteiger partial charge in [-0.25, -0.2) is 17.8 Å². The maximum Gasteiger partial charge on any atom is 0.216 e. The Balaban J connectivity index is 1.93. The van der Waals surface area contributed by atoms with E-state index in [0.717, 1.165) is 0 Å². The summed E-state index contributed by atoms with van der Waals surface area (Å²) in [7, 11) is -0.379. The maximum absolute atomic E-state index is 13.1. The van der Waals surface area contributed by atoms with Gasteiger partial charge in [-0.05, 0) is 35.4 Å². The van der Waals surface area contributed by atoms with Crippen LogP contribution in [0, 0.1) is 5.82 Å². The molecule has 3 aromatic rings. The standard InChI is InChI=1S/C19H20FN3O3S/c1-23-11-10-21-19(23)18(15-4-3-5-17(12-15)26-2)22-27(24,25)13-14-6-8-16(20)9-7-14/h3-12,18,22H,13H2,1-2H3/t18-/m0/s1. The minimum absolute atomic E-state index is 0.266. The van der Waals surface area contributed by atoms with Crippen molar-refractivity contribution in [1.82, 2.24) is 14.3 Å². The highest BCUT2D eigenvalue weighted by atomic mass is 32.2. The van der Waals surface area contributed by atoms with Gasteiger partial charge in [-0.15, -0.1) is 0 Å². The molecule has 8 heteroatoms. The fraction of sp³-hybridized carbons (Fsp3) is 0.211. The molecule has 1 heterocycles. The van der Waals surface area contributed by atoms with Crippen LogP contribution in [0.5, 0.6) is 5.75 Å². The highest BCUT2D eigenvalue weighted by Gasteiger charge is 2.25. The number of hydrogen-bond donors (Lipinski definition) is 1. The summed E-state index contributed by atoms with van der Waals surface area (Å²) in [6.07, 6.45) is 3.35. The predicted octanol–water partition coefficient (Wildman–Crippen LogP) is 2.78. The summed E-state index contributed by atoms with van der Waals surface area (Å²) in [5.41, 5.74) is 1.19. The van der Waals surface area contributed by atoms with Crippen LogP contribution < -0.4 is 9.46 Å². The number of sulfonamides is 1. The van der Waals surface area contributed by atoms with Crippen molar-refractivity contribution in [2.45, 2.75) is 11.8 Å². The van der Waals surface area contributed by atoms with Crippen LogP contribution in [-0.4, -0.2) is 25.1 Å². The fourth-order valence-corrected chi connectivity index (χ4v) is 4.08. The summed E-state index contributed by atoms with van der Waals surface area (Å²) in [5.74, 6) is 0.486. The molecule has 0 spiro atoms. The molecule has 0 fully saturated rings. The molecule has 27 heavy (non-hydrogen) atoms. The lowest BCUT2D eigenvalue weighted by Crippen LogP contribution is -2.32. The van der Waals surface area contributed by atoms with Crippen LogP contribution in [0.3, 0.4) is 0 Å². The van der Waals surface area contributed by atoms with Crippen LogP contribution in [0.1, 0.15) is 23.0 Å². The van der Waals surface area contributed by atoms with Crippen LogP contribution in [0.4, 0.5) is 4.39 Å². The van der Waals surface area contributed by atoms with Gasteiger partial charge in [-0.3, -0.25) is 0 Å². The van der Waals surface area contributed by atoms with Gasteiger partial charge in [-0.1, -0.05) is 24.3 Å². The molecule has 2 aromatic carbocycles. The number of nitrogens with zero attached hydrogens (tertiary/aromatic N) is 2. The summed E-state index contributed by atoms with van der Waals surface area (Å²) >= 11 is 0. The molecule has 0 aliphatic rings. The summed E-state index contributed by atoms with van der Waals surface area (Å²) in [5, 5.41) is 0. The van der Waals surface area contributed by atoms with Crippen LogP contribution in [0.15, 0.2) is 60.9 Å². The van der Waals surface area contributed by atoms with Crippen molar-refractivity contribution in [3.8, 4) is 5.75 Å². The molecule has 0 bridgehead atoms. The molecule has 0 amide bonds. The third-order valence-electron chi connectivity index (χ3n) is 4.11. The number of hydrogen-bond acceptors (Lipinski definition) is 4. The third-order valence-corrected chi connectivity index (χ3v) is 5.42. The molecule has 6 nitrogen and oxygen atoms in total. The van der Waals surface area contributed by atoms with E-state index in [1.165, 1.54) is 24.3 Å². The Bertz CT molecular complexity index is 1020. The highest BCUT2D eigenvalue weighted by molar-refractivity contribution is 7.88. The minimum atomic E-state index is -3.72. The van der Waals surface area contributed by atoms with Crippen molar-refractivity contribution in [2.75, 3.05) is 7.11 Å². The van der Waals surface area contributed by atoms with Gasteiger partial charge in [0.25, 0.3) is 0 Å². The van der Waals surface area contributed by atoms with Gasteiger partial charge >= 0.3 is 0 Å². The summed E-state index contributed by atoms with van der Waals surface area (Å²) in [6, 6.07) is 11.8. The number of aryl methyl sites for hydroxylation is 1. The van der Waals surface area contributed by atoms with Gasteiger partial charge in [0.1, 0.15) is 23.4 Å². The molecule has 0 saturated heterocycles. The average Bonchev–Trinajstić information content (AvgIpc) is 3.07. The summed E-state index contributed by atoms with van der Waals surface area (Å²) < 4.78 is 48.3. The van der Waals surface area contributed by atoms with E-state index in [1.54, 1.807) is 49.3 Å². The van der Waals surface area contributed by atoms with Gasteiger partial charge in [-0.2, -0.15) is 4.72 Å². The first-order chi connectivity index (χ1) is 12.9. The summed E-state index contributed by atoms with van der Waals surface area (Å²) in [4.78, 5) is 4.30. The predicted molar refractivity (Wildman–Crippen MR) is 100 cm³/mol. The Kier molecular flexibility index (Phi) is 5.57. The number of ether oxygens (including phenoxy) is 1. The number of methoxy groups -OCH3 is 1. The smallest absolute Gasteiger partial charge is 0.216 e. The van der Waals surface area contributed by atoms with E-state index in [-0.39, 0.29) is 5.75 Å². The molecule has 0 radical (unpaired) electrons. The molecule has 0 aliphatic carbocycles. The number of halogens is 1. The molecule has 1 N–H and O–H groups in total. The van der Waals surface area contributed by atoms with Crippen LogP contribution >= 0.6 is 0 Å². The quantitative estimate of drug-likeness (QED) is 0.674. The molecule has 3 rings (SSSR count). The van der Waals surface area contributed by atoms with Gasteiger partial charge in [0, 0.05) is 19.4 Å². The monoisotopic (exact) mass is 389 g/mol. The normalized spacial score (nSPS) is 12.7. The number of nitrogens with one attached hydrogen (secondary N) is 1. The number of imidazole rings is 1. The van der Waals surface area contributed by atoms with E-state index in [9.17, 15) is 12.8 Å². The van der Waals surface area contributed by atoms with Crippen LogP contribution in [0.25, 0.3) is 0 Å². The van der Waals surface area contributed by atoms with Crippen LogP contribution in [-0.2, 0) is 22.8 Å². The van der Waals surface area contributed by atoms with E-state index in [2.05, 4.69) is 9.71 Å². The van der Waals surface area contributed by atoms with Crippen molar-refractivity contribution >= 4 is 10.0 Å². The van der Waals surface area contributed by atoms with Crippen LogP contribution in [0.2, 0.25) is 0 Å². The highest BCUT2D eigenvalue weighted by Crippen LogP contribution is 2.25. The molecule has 0 unspecified atom stereocenters. The lowest BCUT2D eigenvalue weighted by molar-refractivity contribution is 0.413. The Morgan fingerprint density at radius 2 is 1.96 bits per heavy atom. The molecule has 1 atom stereocenters. The molecule has 0 saturated carbocycles. The molecule has 142 valence electrons. The lowest BCUT2D eigenvalue weighted by atomic mass is 10.1. The number of aromatic nitrogens is 2. The second-order valence-electron chi connectivity index (χ2n) is 6.11. The van der Waals surface area contributed by atoms with Crippen molar-refractivity contribution in [1.29, 1.82) is 0 Å². The van der Waals surface area contributed by atoms with Gasteiger partial charge in [0.15, 0.2) is 0 Å². The van der Waals surface area contributed by atoms with Gasteiger partial charge in [0.05, 0.1) is 12.9 Å². The topological polar surface area (TPSA) is 73.2 Å². The van der Waals surface area contributed by atoms with Crippen molar-refractivity contribution in [3.05, 3.63) is 83.7 Å². The Morgan fingerprint density at radius 3 is 2.59 bits per heavy atom. The van der Waals surface area contributed by atoms with Gasteiger partial charge in [0.2, 0.25) is 10.0 Å². The van der Waals surface area contributed by atoms with E-state index < -0.39 is 21.9 Å². The van der Waals surface area contributed by atoms with Crippen molar-refractivity contribution in [3.63, 3.8) is 0 Å². The summed E-state index contributed by atoms with van der Waals surface area (Å²) in [6.45, 7) is 0. The number of benzene rings is 2. The zero-order chi connectivity index (χ0) is 19.4. The Labute approximate surface area is 157 Å². The second-order valence-corrected chi connectivity index (χ2v) is 7.86. The van der Waals surface area contributed by atoms with Crippen molar-refractivity contribution < 1.29 is 17.5 Å². The van der Waals surface area contributed by atoms with E-state index in [1.807, 2.05) is 6.07 Å². The average molecular weight is 389 g/mol. The minimum Gasteiger partial charge on any atom is -0.497 e. The first-order valence-corrected chi connectivity index (χ1v) is 9.89. The first-order valence-electron chi connectivity index (χ1n) is 8.23. The van der Waals surface area contributed by atoms with E-state index >= 15 is 0 Å². The first kappa shape index (κ1) is 19.1.